The van der Waals surface area contributed by atoms with Crippen molar-refractivity contribution >= 4 is 28.2 Å². The van der Waals surface area contributed by atoms with E-state index in [1.807, 2.05) is 37.5 Å². The van der Waals surface area contributed by atoms with Crippen LogP contribution in [0.15, 0.2) is 36.7 Å². The molecule has 6 nitrogen and oxygen atoms in total. The third kappa shape index (κ3) is 4.69. The summed E-state index contributed by atoms with van der Waals surface area (Å²) in [6, 6.07) is 7.88. The van der Waals surface area contributed by atoms with Gasteiger partial charge in [0.2, 0.25) is 0 Å². The number of hydrogen-bond acceptors (Lipinski definition) is 6. The van der Waals surface area contributed by atoms with Gasteiger partial charge in [-0.3, -0.25) is 9.78 Å². The smallest absolute Gasteiger partial charge is 0.166 e. The maximum absolute atomic E-state index is 12.8. The zero-order chi connectivity index (χ0) is 21.8. The normalized spacial score (nSPS) is 13.4. The summed E-state index contributed by atoms with van der Waals surface area (Å²) in [4.78, 5) is 21.9. The van der Waals surface area contributed by atoms with Crippen molar-refractivity contribution in [3.05, 3.63) is 47.8 Å². The second kappa shape index (κ2) is 9.43. The van der Waals surface area contributed by atoms with Crippen LogP contribution < -0.4 is 10.6 Å². The number of aliphatic hydroxyl groups is 1. The van der Waals surface area contributed by atoms with Gasteiger partial charge >= 0.3 is 0 Å². The van der Waals surface area contributed by atoms with Crippen molar-refractivity contribution < 1.29 is 9.90 Å². The lowest BCUT2D eigenvalue weighted by Crippen LogP contribution is -2.07. The van der Waals surface area contributed by atoms with Gasteiger partial charge in [-0.1, -0.05) is 13.3 Å². The van der Waals surface area contributed by atoms with Gasteiger partial charge in [0, 0.05) is 43.4 Å². The Labute approximate surface area is 183 Å². The lowest BCUT2D eigenvalue weighted by molar-refractivity contribution is 0.0976. The van der Waals surface area contributed by atoms with Crippen LogP contribution in [0, 0.1) is 5.92 Å². The summed E-state index contributed by atoms with van der Waals surface area (Å²) in [5, 5.41) is 17.4. The molecular formula is C25H30N4O2. The number of benzene rings is 1. The van der Waals surface area contributed by atoms with Crippen LogP contribution in [-0.2, 0) is 6.61 Å². The molecule has 0 aliphatic heterocycles. The van der Waals surface area contributed by atoms with Gasteiger partial charge in [-0.05, 0) is 60.6 Å². The molecule has 31 heavy (non-hydrogen) atoms. The predicted octanol–water partition coefficient (Wildman–Crippen LogP) is 5.03. The minimum absolute atomic E-state index is 0.0965. The molecule has 1 aliphatic carbocycles. The number of nitrogens with zero attached hydrogens (tertiary/aromatic N) is 2. The molecule has 0 spiro atoms. The van der Waals surface area contributed by atoms with Crippen molar-refractivity contribution in [3.63, 3.8) is 0 Å². The zero-order valence-electron chi connectivity index (χ0n) is 18.2. The highest BCUT2D eigenvalue weighted by atomic mass is 16.3. The topological polar surface area (TPSA) is 87.1 Å². The van der Waals surface area contributed by atoms with E-state index >= 15 is 0 Å². The number of anilines is 2. The average Bonchev–Trinajstić information content (AvgIpc) is 3.62. The summed E-state index contributed by atoms with van der Waals surface area (Å²) in [5.41, 5.74) is 4.79. The molecule has 3 aromatic rings. The van der Waals surface area contributed by atoms with Crippen LogP contribution in [0.4, 0.5) is 11.5 Å². The Hall–Kier alpha value is -2.99. The molecule has 1 aromatic carbocycles. The molecule has 3 N–H and O–H groups in total. The van der Waals surface area contributed by atoms with E-state index in [9.17, 15) is 9.90 Å². The van der Waals surface area contributed by atoms with Crippen LogP contribution in [0.2, 0.25) is 0 Å². The van der Waals surface area contributed by atoms with E-state index in [2.05, 4.69) is 27.5 Å². The van der Waals surface area contributed by atoms with E-state index in [1.54, 1.807) is 6.20 Å². The van der Waals surface area contributed by atoms with Crippen molar-refractivity contribution in [2.24, 2.45) is 5.92 Å². The first kappa shape index (κ1) is 21.2. The second-order valence-electron chi connectivity index (χ2n) is 8.26. The summed E-state index contributed by atoms with van der Waals surface area (Å²) in [7, 11) is 1.83. The summed E-state index contributed by atoms with van der Waals surface area (Å²) in [6.07, 6.45) is 8.59. The van der Waals surface area contributed by atoms with E-state index in [1.165, 1.54) is 0 Å². The highest BCUT2D eigenvalue weighted by Gasteiger charge is 2.26. The number of fused-ring (bicyclic) bond motifs is 1. The number of unbranched alkanes of at least 4 members (excludes halogenated alkanes) is 1. The Morgan fingerprint density at radius 3 is 2.68 bits per heavy atom. The van der Waals surface area contributed by atoms with Crippen LogP contribution >= 0.6 is 0 Å². The molecule has 0 radical (unpaired) electrons. The van der Waals surface area contributed by atoms with E-state index in [0.29, 0.717) is 17.9 Å². The SMILES string of the molecule is CCCCNc1ccc(-c2cc3c(NC)c(C(=O)CC4CC4)cnc3cc2CO)cn1. The Morgan fingerprint density at radius 1 is 1.19 bits per heavy atom. The standard InChI is InChI=1S/C25H30N4O2/c1-3-4-9-27-24-8-7-17(13-29-24)19-12-20-22(11-18(19)15-30)28-14-21(25(20)26-2)23(31)10-16-5-6-16/h7-8,11-14,16,30H,3-6,9-10,15H2,1-2H3,(H,26,28)(H,27,29). The number of carbonyl (C=O) groups excluding carboxylic acids is 1. The van der Waals surface area contributed by atoms with Crippen molar-refractivity contribution in [3.8, 4) is 11.1 Å². The third-order valence-corrected chi connectivity index (χ3v) is 5.90. The monoisotopic (exact) mass is 418 g/mol. The summed E-state index contributed by atoms with van der Waals surface area (Å²) in [5.74, 6) is 1.50. The fourth-order valence-electron chi connectivity index (χ4n) is 3.91. The molecule has 2 heterocycles. The number of hydrogen-bond donors (Lipinski definition) is 3. The lowest BCUT2D eigenvalue weighted by atomic mass is 9.96. The van der Waals surface area contributed by atoms with Gasteiger partial charge < -0.3 is 15.7 Å². The number of pyridine rings is 2. The van der Waals surface area contributed by atoms with Crippen LogP contribution in [0.3, 0.4) is 0 Å². The van der Waals surface area contributed by atoms with Crippen LogP contribution in [0.1, 0.15) is 54.9 Å². The number of Topliss-reactive ketones (excluding diaryl/α,β-unsaturated/α-hetero) is 1. The van der Waals surface area contributed by atoms with Crippen molar-refractivity contribution in [2.45, 2.75) is 45.6 Å². The summed E-state index contributed by atoms with van der Waals surface area (Å²) in [6.45, 7) is 2.96. The Bertz CT molecular complexity index is 1080. The van der Waals surface area contributed by atoms with E-state index < -0.39 is 0 Å². The summed E-state index contributed by atoms with van der Waals surface area (Å²) >= 11 is 0. The zero-order valence-corrected chi connectivity index (χ0v) is 18.2. The Balaban J connectivity index is 1.73. The number of nitrogens with one attached hydrogen (secondary N) is 2. The number of aliphatic hydroxyl groups excluding tert-OH is 1. The van der Waals surface area contributed by atoms with Crippen molar-refractivity contribution in [1.82, 2.24) is 9.97 Å². The van der Waals surface area contributed by atoms with Crippen LogP contribution in [0.25, 0.3) is 22.0 Å². The molecule has 1 fully saturated rings. The maximum atomic E-state index is 12.8. The van der Waals surface area contributed by atoms with Crippen LogP contribution in [0.5, 0.6) is 0 Å². The van der Waals surface area contributed by atoms with E-state index in [0.717, 1.165) is 71.3 Å². The Morgan fingerprint density at radius 2 is 2.03 bits per heavy atom. The average molecular weight is 419 g/mol. The van der Waals surface area contributed by atoms with Gasteiger partial charge in [0.15, 0.2) is 5.78 Å². The summed E-state index contributed by atoms with van der Waals surface area (Å²) < 4.78 is 0. The number of carbonyl (C=O) groups is 1. The molecule has 0 atom stereocenters. The van der Waals surface area contributed by atoms with Gasteiger partial charge in [-0.2, -0.15) is 0 Å². The fourth-order valence-corrected chi connectivity index (χ4v) is 3.91. The van der Waals surface area contributed by atoms with Crippen LogP contribution in [-0.4, -0.2) is 34.5 Å². The Kier molecular flexibility index (Phi) is 6.47. The fraction of sp³-hybridized carbons (Fsp3) is 0.400. The minimum atomic E-state index is -0.0965. The molecule has 162 valence electrons. The first-order valence-corrected chi connectivity index (χ1v) is 11.1. The molecule has 2 aromatic heterocycles. The van der Waals surface area contributed by atoms with Gasteiger partial charge in [0.25, 0.3) is 0 Å². The molecule has 0 unspecified atom stereocenters. The lowest BCUT2D eigenvalue weighted by Gasteiger charge is -2.15. The molecule has 1 saturated carbocycles. The molecule has 1 aliphatic rings. The number of rotatable bonds is 10. The molecular weight excluding hydrogens is 388 g/mol. The van der Waals surface area contributed by atoms with Gasteiger partial charge in [0.1, 0.15) is 5.82 Å². The first-order valence-electron chi connectivity index (χ1n) is 11.1. The number of ketones is 1. The van der Waals surface area contributed by atoms with Gasteiger partial charge in [-0.25, -0.2) is 4.98 Å². The largest absolute Gasteiger partial charge is 0.392 e. The molecule has 4 rings (SSSR count). The molecule has 0 amide bonds. The molecule has 0 bridgehead atoms. The minimum Gasteiger partial charge on any atom is -0.392 e. The van der Waals surface area contributed by atoms with E-state index in [4.69, 9.17) is 0 Å². The maximum Gasteiger partial charge on any atom is 0.166 e. The predicted molar refractivity (Wildman–Crippen MR) is 126 cm³/mol. The van der Waals surface area contributed by atoms with Crippen molar-refractivity contribution in [2.75, 3.05) is 24.2 Å². The molecule has 0 saturated heterocycles. The molecule has 6 heteroatoms. The number of aromatic nitrogens is 2. The third-order valence-electron chi connectivity index (χ3n) is 5.90. The highest BCUT2D eigenvalue weighted by molar-refractivity contribution is 6.09. The highest BCUT2D eigenvalue weighted by Crippen LogP contribution is 2.37. The quantitative estimate of drug-likeness (QED) is 0.316. The first-order chi connectivity index (χ1) is 15.1. The second-order valence-corrected chi connectivity index (χ2v) is 8.26. The van der Waals surface area contributed by atoms with Gasteiger partial charge in [0.05, 0.1) is 23.4 Å². The van der Waals surface area contributed by atoms with Crippen molar-refractivity contribution in [1.29, 1.82) is 0 Å². The van der Waals surface area contributed by atoms with Gasteiger partial charge in [-0.15, -0.1) is 0 Å². The van der Waals surface area contributed by atoms with E-state index in [-0.39, 0.29) is 12.4 Å².